The molecule has 0 amide bonds. The number of hydrogen-bond acceptors (Lipinski definition) is 2. The van der Waals surface area contributed by atoms with Gasteiger partial charge in [0.2, 0.25) is 0 Å². The molecule has 0 bridgehead atoms. The summed E-state index contributed by atoms with van der Waals surface area (Å²) in [5, 5.41) is 19.1. The van der Waals surface area contributed by atoms with Crippen LogP contribution in [0.1, 0.15) is 63.8 Å². The molecule has 0 saturated carbocycles. The van der Waals surface area contributed by atoms with E-state index in [4.69, 9.17) is 0 Å². The van der Waals surface area contributed by atoms with E-state index in [1.54, 1.807) is 0 Å². The van der Waals surface area contributed by atoms with Gasteiger partial charge in [0.25, 0.3) is 0 Å². The van der Waals surface area contributed by atoms with Gasteiger partial charge in [0.05, 0.1) is 11.1 Å². The topological polar surface area (TPSA) is 47.6 Å². The van der Waals surface area contributed by atoms with Crippen molar-refractivity contribution in [3.63, 3.8) is 0 Å². The third kappa shape index (κ3) is 4.29. The fraction of sp³-hybridized carbons (Fsp3) is 0.286. The first-order chi connectivity index (χ1) is 14.0. The maximum atomic E-state index is 9.56. The minimum atomic E-state index is 0.0760. The Bertz CT molecular complexity index is 1040. The van der Waals surface area contributed by atoms with Crippen molar-refractivity contribution in [1.82, 2.24) is 0 Å². The van der Waals surface area contributed by atoms with Gasteiger partial charge >= 0.3 is 0 Å². The second kappa shape index (κ2) is 7.81. The molecule has 0 saturated heterocycles. The van der Waals surface area contributed by atoms with Crippen molar-refractivity contribution in [3.05, 3.63) is 82.9 Å². The van der Waals surface area contributed by atoms with Gasteiger partial charge in [-0.25, -0.2) is 0 Å². The van der Waals surface area contributed by atoms with Crippen molar-refractivity contribution in [1.29, 1.82) is 10.5 Å². The van der Waals surface area contributed by atoms with E-state index in [2.05, 4.69) is 102 Å². The largest absolute Gasteiger partial charge is 0.192 e. The lowest BCUT2D eigenvalue weighted by molar-refractivity contribution is 0.590. The highest BCUT2D eigenvalue weighted by Gasteiger charge is 2.17. The maximum Gasteiger partial charge on any atom is 0.101 e. The predicted molar refractivity (Wildman–Crippen MR) is 124 cm³/mol. The van der Waals surface area contributed by atoms with E-state index in [0.717, 1.165) is 22.3 Å². The van der Waals surface area contributed by atoms with E-state index < -0.39 is 0 Å². The Morgan fingerprint density at radius 3 is 1.07 bits per heavy atom. The summed E-state index contributed by atoms with van der Waals surface area (Å²) in [5.74, 6) is 0. The first-order valence-corrected chi connectivity index (χ1v) is 10.2. The summed E-state index contributed by atoms with van der Waals surface area (Å²) in [7, 11) is 0. The molecule has 0 aliphatic rings. The van der Waals surface area contributed by atoms with Gasteiger partial charge in [-0.1, -0.05) is 90.1 Å². The van der Waals surface area contributed by atoms with Crippen LogP contribution in [0.15, 0.2) is 60.7 Å². The Hall–Kier alpha value is -3.36. The van der Waals surface area contributed by atoms with E-state index >= 15 is 0 Å². The SMILES string of the molecule is CC(C)(C)c1ccc(-c2cc(C#N)c(C#N)cc2-c2ccc(C(C)(C)C)cc2)cc1. The van der Waals surface area contributed by atoms with Crippen LogP contribution in [-0.4, -0.2) is 0 Å². The summed E-state index contributed by atoms with van der Waals surface area (Å²) in [4.78, 5) is 0. The van der Waals surface area contributed by atoms with Gasteiger partial charge in [0.15, 0.2) is 0 Å². The zero-order valence-electron chi connectivity index (χ0n) is 18.7. The minimum Gasteiger partial charge on any atom is -0.192 e. The van der Waals surface area contributed by atoms with Crippen LogP contribution in [0.5, 0.6) is 0 Å². The molecule has 0 aliphatic heterocycles. The first kappa shape index (κ1) is 21.4. The zero-order valence-corrected chi connectivity index (χ0v) is 18.7. The lowest BCUT2D eigenvalue weighted by Crippen LogP contribution is -2.10. The third-order valence-electron chi connectivity index (χ3n) is 5.52. The molecule has 0 aromatic heterocycles. The highest BCUT2D eigenvalue weighted by Crippen LogP contribution is 2.36. The van der Waals surface area contributed by atoms with E-state index in [1.165, 1.54) is 11.1 Å². The lowest BCUT2D eigenvalue weighted by Gasteiger charge is -2.21. The molecule has 0 spiro atoms. The Kier molecular flexibility index (Phi) is 5.56. The Labute approximate surface area is 180 Å². The lowest BCUT2D eigenvalue weighted by atomic mass is 9.84. The summed E-state index contributed by atoms with van der Waals surface area (Å²) in [6.07, 6.45) is 0. The van der Waals surface area contributed by atoms with Crippen molar-refractivity contribution in [2.75, 3.05) is 0 Å². The van der Waals surface area contributed by atoms with Crippen molar-refractivity contribution in [3.8, 4) is 34.4 Å². The standard InChI is InChI=1S/C28H28N2/c1-27(2,3)23-11-7-19(8-12-23)25-15-21(17-29)22(18-30)16-26(25)20-9-13-24(14-10-20)28(4,5)6/h7-16H,1-6H3. The van der Waals surface area contributed by atoms with Crippen LogP contribution in [0.3, 0.4) is 0 Å². The first-order valence-electron chi connectivity index (χ1n) is 10.2. The summed E-state index contributed by atoms with van der Waals surface area (Å²) in [6.45, 7) is 13.2. The molecule has 0 atom stereocenters. The number of hydrogen-bond donors (Lipinski definition) is 0. The number of benzene rings is 3. The van der Waals surface area contributed by atoms with Gasteiger partial charge < -0.3 is 0 Å². The van der Waals surface area contributed by atoms with Crippen LogP contribution in [0.4, 0.5) is 0 Å². The van der Waals surface area contributed by atoms with E-state index in [-0.39, 0.29) is 10.8 Å². The summed E-state index contributed by atoms with van der Waals surface area (Å²) in [6, 6.07) is 25.1. The normalized spacial score (nSPS) is 11.6. The Morgan fingerprint density at radius 1 is 0.533 bits per heavy atom. The summed E-state index contributed by atoms with van der Waals surface area (Å²) in [5.41, 5.74) is 7.50. The van der Waals surface area contributed by atoms with Gasteiger partial charge in [-0.3, -0.25) is 0 Å². The van der Waals surface area contributed by atoms with Crippen LogP contribution >= 0.6 is 0 Å². The molecule has 0 radical (unpaired) electrons. The van der Waals surface area contributed by atoms with Gasteiger partial charge in [-0.15, -0.1) is 0 Å². The van der Waals surface area contributed by atoms with E-state index in [1.807, 2.05) is 12.1 Å². The molecule has 3 aromatic carbocycles. The van der Waals surface area contributed by atoms with Crippen molar-refractivity contribution in [2.24, 2.45) is 0 Å². The van der Waals surface area contributed by atoms with Gasteiger partial charge in [-0.2, -0.15) is 10.5 Å². The van der Waals surface area contributed by atoms with Crippen LogP contribution < -0.4 is 0 Å². The molecule has 0 fully saturated rings. The predicted octanol–water partition coefficient (Wildman–Crippen LogP) is 7.36. The fourth-order valence-electron chi connectivity index (χ4n) is 3.56. The van der Waals surface area contributed by atoms with Gasteiger partial charge in [0, 0.05) is 0 Å². The molecular weight excluding hydrogens is 364 g/mol. The molecule has 2 heteroatoms. The molecule has 0 unspecified atom stereocenters. The Balaban J connectivity index is 2.20. The molecule has 3 aromatic rings. The average Bonchev–Trinajstić information content (AvgIpc) is 2.71. The van der Waals surface area contributed by atoms with Crippen LogP contribution in [0, 0.1) is 22.7 Å². The molecule has 3 rings (SSSR count). The molecule has 0 N–H and O–H groups in total. The highest BCUT2D eigenvalue weighted by atomic mass is 14.3. The van der Waals surface area contributed by atoms with Crippen LogP contribution in [-0.2, 0) is 10.8 Å². The van der Waals surface area contributed by atoms with E-state index in [0.29, 0.717) is 11.1 Å². The number of nitrogens with zero attached hydrogens (tertiary/aromatic N) is 2. The van der Waals surface area contributed by atoms with Crippen LogP contribution in [0.25, 0.3) is 22.3 Å². The van der Waals surface area contributed by atoms with Crippen molar-refractivity contribution >= 4 is 0 Å². The van der Waals surface area contributed by atoms with Crippen molar-refractivity contribution in [2.45, 2.75) is 52.4 Å². The van der Waals surface area contributed by atoms with E-state index in [9.17, 15) is 10.5 Å². The second-order valence-corrected chi connectivity index (χ2v) is 9.82. The quantitative estimate of drug-likeness (QED) is 0.457. The second-order valence-electron chi connectivity index (χ2n) is 9.82. The molecular formula is C28H28N2. The Morgan fingerprint density at radius 2 is 0.833 bits per heavy atom. The summed E-state index contributed by atoms with van der Waals surface area (Å²) < 4.78 is 0. The molecule has 0 aliphatic carbocycles. The third-order valence-corrected chi connectivity index (χ3v) is 5.52. The number of rotatable bonds is 2. The van der Waals surface area contributed by atoms with Crippen molar-refractivity contribution < 1.29 is 0 Å². The molecule has 30 heavy (non-hydrogen) atoms. The zero-order chi connectivity index (χ0) is 22.1. The number of nitriles is 2. The maximum absolute atomic E-state index is 9.56. The molecule has 2 nitrogen and oxygen atoms in total. The molecule has 0 heterocycles. The monoisotopic (exact) mass is 392 g/mol. The smallest absolute Gasteiger partial charge is 0.101 e. The van der Waals surface area contributed by atoms with Crippen LogP contribution in [0.2, 0.25) is 0 Å². The summed E-state index contributed by atoms with van der Waals surface area (Å²) >= 11 is 0. The fourth-order valence-corrected chi connectivity index (χ4v) is 3.56. The highest BCUT2D eigenvalue weighted by molar-refractivity contribution is 5.86. The average molecular weight is 393 g/mol. The minimum absolute atomic E-state index is 0.0760. The van der Waals surface area contributed by atoms with Gasteiger partial charge in [-0.05, 0) is 56.3 Å². The van der Waals surface area contributed by atoms with Gasteiger partial charge in [0.1, 0.15) is 12.1 Å². The molecule has 150 valence electrons.